The summed E-state index contributed by atoms with van der Waals surface area (Å²) in [4.78, 5) is 23.2. The molecule has 19 heavy (non-hydrogen) atoms. The molecule has 0 bridgehead atoms. The number of carbonyl (C=O) groups is 2. The van der Waals surface area contributed by atoms with Gasteiger partial charge in [-0.25, -0.2) is 13.6 Å². The van der Waals surface area contributed by atoms with Crippen molar-refractivity contribution in [3.63, 3.8) is 0 Å². The third-order valence-corrected chi connectivity index (χ3v) is 2.38. The average molecular weight is 272 g/mol. The molecule has 0 aliphatic rings. The van der Waals surface area contributed by atoms with Gasteiger partial charge in [-0.1, -0.05) is 6.07 Å². The molecule has 0 radical (unpaired) electrons. The molecular formula is C12H14F2N2O3. The smallest absolute Gasteiger partial charge is 0.406 e. The molecular weight excluding hydrogens is 258 g/mol. The summed E-state index contributed by atoms with van der Waals surface area (Å²) in [6.45, 7) is 1.13. The third kappa shape index (κ3) is 3.90. The van der Waals surface area contributed by atoms with E-state index in [9.17, 15) is 18.4 Å². The van der Waals surface area contributed by atoms with Gasteiger partial charge >= 0.3 is 6.09 Å². The van der Waals surface area contributed by atoms with Crippen molar-refractivity contribution in [2.24, 2.45) is 0 Å². The fourth-order valence-electron chi connectivity index (χ4n) is 1.52. The molecule has 0 saturated carbocycles. The molecule has 0 atom stereocenters. The van der Waals surface area contributed by atoms with Crippen LogP contribution in [-0.2, 0) is 9.53 Å². The molecule has 0 unspecified atom stereocenters. The maximum atomic E-state index is 13.6. The molecule has 1 aromatic carbocycles. The van der Waals surface area contributed by atoms with Gasteiger partial charge in [0.05, 0.1) is 7.11 Å². The Morgan fingerprint density at radius 1 is 1.32 bits per heavy atom. The van der Waals surface area contributed by atoms with Crippen LogP contribution < -0.4 is 10.2 Å². The summed E-state index contributed by atoms with van der Waals surface area (Å²) >= 11 is 0. The van der Waals surface area contributed by atoms with Crippen molar-refractivity contribution in [2.45, 2.75) is 6.92 Å². The summed E-state index contributed by atoms with van der Waals surface area (Å²) in [6.07, 6.45) is -0.683. The largest absolute Gasteiger partial charge is 0.453 e. The molecule has 0 aliphatic carbocycles. The van der Waals surface area contributed by atoms with Crippen LogP contribution in [0.2, 0.25) is 0 Å². The Bertz CT molecular complexity index is 460. The minimum Gasteiger partial charge on any atom is -0.453 e. The second-order valence-electron chi connectivity index (χ2n) is 3.66. The highest BCUT2D eigenvalue weighted by molar-refractivity contribution is 5.91. The normalized spacial score (nSPS) is 9.89. The van der Waals surface area contributed by atoms with Crippen molar-refractivity contribution in [1.29, 1.82) is 0 Å². The second kappa shape index (κ2) is 6.67. The van der Waals surface area contributed by atoms with Crippen molar-refractivity contribution >= 4 is 17.7 Å². The lowest BCUT2D eigenvalue weighted by molar-refractivity contribution is -0.116. The number of carbonyl (C=O) groups excluding carboxylic acids is 2. The first-order valence-corrected chi connectivity index (χ1v) is 5.51. The Kier molecular flexibility index (Phi) is 5.23. The van der Waals surface area contributed by atoms with Gasteiger partial charge in [-0.2, -0.15) is 0 Å². The highest BCUT2D eigenvalue weighted by atomic mass is 19.1. The lowest BCUT2D eigenvalue weighted by atomic mass is 10.2. The number of halogens is 2. The van der Waals surface area contributed by atoms with Crippen molar-refractivity contribution in [2.75, 3.05) is 25.1 Å². The maximum Gasteiger partial charge on any atom is 0.406 e. The highest BCUT2D eigenvalue weighted by Gasteiger charge is 2.19. The van der Waals surface area contributed by atoms with Gasteiger partial charge in [0.25, 0.3) is 0 Å². The van der Waals surface area contributed by atoms with E-state index in [1.807, 2.05) is 0 Å². The second-order valence-corrected chi connectivity index (χ2v) is 3.66. The highest BCUT2D eigenvalue weighted by Crippen LogP contribution is 2.22. The van der Waals surface area contributed by atoms with E-state index in [2.05, 4.69) is 10.1 Å². The zero-order valence-corrected chi connectivity index (χ0v) is 10.6. The SMILES string of the molecule is COC(=O)NCCN(C(C)=O)c1c(F)cccc1F. The van der Waals surface area contributed by atoms with Gasteiger partial charge < -0.3 is 15.0 Å². The Balaban J connectivity index is 2.84. The van der Waals surface area contributed by atoms with Crippen LogP contribution in [0.4, 0.5) is 19.3 Å². The van der Waals surface area contributed by atoms with Crippen molar-refractivity contribution in [3.05, 3.63) is 29.8 Å². The summed E-state index contributed by atoms with van der Waals surface area (Å²) in [5, 5.41) is 2.33. The topological polar surface area (TPSA) is 58.6 Å². The van der Waals surface area contributed by atoms with Crippen LogP contribution in [0.5, 0.6) is 0 Å². The number of methoxy groups -OCH3 is 1. The number of para-hydroxylation sites is 1. The number of anilines is 1. The molecule has 7 heteroatoms. The number of amides is 2. The molecule has 0 aliphatic heterocycles. The molecule has 0 heterocycles. The lowest BCUT2D eigenvalue weighted by Gasteiger charge is -2.22. The number of nitrogens with one attached hydrogen (secondary N) is 1. The van der Waals surface area contributed by atoms with Crippen LogP contribution in [0.1, 0.15) is 6.92 Å². The fraction of sp³-hybridized carbons (Fsp3) is 0.333. The lowest BCUT2D eigenvalue weighted by Crippen LogP contribution is -2.38. The minimum absolute atomic E-state index is 0.0139. The van der Waals surface area contributed by atoms with Crippen molar-refractivity contribution in [1.82, 2.24) is 5.32 Å². The van der Waals surface area contributed by atoms with Crippen molar-refractivity contribution < 1.29 is 23.1 Å². The number of benzene rings is 1. The van der Waals surface area contributed by atoms with E-state index >= 15 is 0 Å². The Hall–Kier alpha value is -2.18. The first kappa shape index (κ1) is 14.9. The van der Waals surface area contributed by atoms with Gasteiger partial charge in [-0.05, 0) is 12.1 Å². The van der Waals surface area contributed by atoms with E-state index in [4.69, 9.17) is 0 Å². The molecule has 0 saturated heterocycles. The maximum absolute atomic E-state index is 13.6. The van der Waals surface area contributed by atoms with Gasteiger partial charge in [-0.3, -0.25) is 4.79 Å². The molecule has 2 amide bonds. The summed E-state index contributed by atoms with van der Waals surface area (Å²) < 4.78 is 31.5. The summed E-state index contributed by atoms with van der Waals surface area (Å²) in [5.41, 5.74) is -0.429. The fourth-order valence-corrected chi connectivity index (χ4v) is 1.52. The zero-order valence-electron chi connectivity index (χ0n) is 10.6. The predicted octanol–water partition coefficient (Wildman–Crippen LogP) is 1.67. The van der Waals surface area contributed by atoms with E-state index in [1.54, 1.807) is 0 Å². The van der Waals surface area contributed by atoms with Gasteiger partial charge in [0.15, 0.2) is 0 Å². The number of ether oxygens (including phenoxy) is 1. The summed E-state index contributed by atoms with van der Waals surface area (Å²) in [6, 6.07) is 3.32. The van der Waals surface area contributed by atoms with Crippen LogP contribution >= 0.6 is 0 Å². The number of rotatable bonds is 4. The molecule has 0 aromatic heterocycles. The number of hydrogen-bond donors (Lipinski definition) is 1. The molecule has 1 rings (SSSR count). The van der Waals surface area contributed by atoms with Gasteiger partial charge in [0.2, 0.25) is 5.91 Å². The van der Waals surface area contributed by atoms with E-state index in [0.717, 1.165) is 17.0 Å². The number of nitrogens with zero attached hydrogens (tertiary/aromatic N) is 1. The van der Waals surface area contributed by atoms with Crippen LogP contribution in [-0.4, -0.2) is 32.2 Å². The minimum atomic E-state index is -0.840. The van der Waals surface area contributed by atoms with Crippen molar-refractivity contribution in [3.8, 4) is 0 Å². The monoisotopic (exact) mass is 272 g/mol. The Labute approximate surface area is 109 Å². The van der Waals surface area contributed by atoms with Crippen LogP contribution in [0.15, 0.2) is 18.2 Å². The molecule has 0 fully saturated rings. The van der Waals surface area contributed by atoms with Gasteiger partial charge in [-0.15, -0.1) is 0 Å². The van der Waals surface area contributed by atoms with Crippen LogP contribution in [0.25, 0.3) is 0 Å². The first-order valence-electron chi connectivity index (χ1n) is 5.51. The average Bonchev–Trinajstić information content (AvgIpc) is 2.35. The van der Waals surface area contributed by atoms with Crippen LogP contribution in [0.3, 0.4) is 0 Å². The third-order valence-electron chi connectivity index (χ3n) is 2.38. The molecule has 1 N–H and O–H groups in total. The van der Waals surface area contributed by atoms with E-state index < -0.39 is 29.3 Å². The van der Waals surface area contributed by atoms with Crippen LogP contribution in [0, 0.1) is 11.6 Å². The van der Waals surface area contributed by atoms with E-state index in [-0.39, 0.29) is 13.1 Å². The van der Waals surface area contributed by atoms with E-state index in [0.29, 0.717) is 0 Å². The quantitative estimate of drug-likeness (QED) is 0.907. The van der Waals surface area contributed by atoms with Gasteiger partial charge in [0.1, 0.15) is 17.3 Å². The molecule has 0 spiro atoms. The Morgan fingerprint density at radius 3 is 2.37 bits per heavy atom. The molecule has 104 valence electrons. The zero-order chi connectivity index (χ0) is 14.4. The van der Waals surface area contributed by atoms with E-state index in [1.165, 1.54) is 20.1 Å². The summed E-state index contributed by atoms with van der Waals surface area (Å²) in [5.74, 6) is -2.21. The first-order chi connectivity index (χ1) is 8.97. The van der Waals surface area contributed by atoms with Gasteiger partial charge in [0, 0.05) is 20.0 Å². The number of hydrogen-bond acceptors (Lipinski definition) is 3. The summed E-state index contributed by atoms with van der Waals surface area (Å²) in [7, 11) is 1.19. The number of alkyl carbamates (subject to hydrolysis) is 1. The standard InChI is InChI=1S/C12H14F2N2O3/c1-8(17)16(7-6-15-12(18)19-2)11-9(13)4-3-5-10(11)14/h3-5H,6-7H2,1-2H3,(H,15,18). The molecule has 5 nitrogen and oxygen atoms in total. The predicted molar refractivity (Wildman–Crippen MR) is 64.8 cm³/mol. The molecule has 1 aromatic rings. The Morgan fingerprint density at radius 2 is 1.89 bits per heavy atom.